The minimum atomic E-state index is -0.837. The summed E-state index contributed by atoms with van der Waals surface area (Å²) in [6.45, 7) is 2.34. The first-order valence-corrected chi connectivity index (χ1v) is 8.79. The fourth-order valence-electron chi connectivity index (χ4n) is 2.83. The zero-order valence-corrected chi connectivity index (χ0v) is 16.3. The molecule has 0 fully saturated rings. The average molecular weight is 404 g/mol. The van der Waals surface area contributed by atoms with E-state index in [0.717, 1.165) is 15.6 Å². The third-order valence-electron chi connectivity index (χ3n) is 4.57. The van der Waals surface area contributed by atoms with E-state index in [1.807, 2.05) is 6.92 Å². The van der Waals surface area contributed by atoms with Crippen LogP contribution in [0.2, 0.25) is 0 Å². The molecule has 13 nitrogen and oxygen atoms in total. The number of azo groups is 1. The Hall–Kier alpha value is -3.77. The van der Waals surface area contributed by atoms with Crippen molar-refractivity contribution in [1.29, 1.82) is 0 Å². The van der Waals surface area contributed by atoms with Crippen molar-refractivity contribution in [2.24, 2.45) is 31.4 Å². The van der Waals surface area contributed by atoms with Crippen LogP contribution < -0.4 is 22.5 Å². The van der Waals surface area contributed by atoms with Crippen molar-refractivity contribution in [1.82, 2.24) is 28.2 Å². The first-order valence-electron chi connectivity index (χ1n) is 8.79. The van der Waals surface area contributed by atoms with Crippen molar-refractivity contribution >= 4 is 22.8 Å². The lowest BCUT2D eigenvalue weighted by Crippen LogP contribution is -2.36. The van der Waals surface area contributed by atoms with Gasteiger partial charge in [-0.05, 0) is 6.42 Å². The van der Waals surface area contributed by atoms with Crippen LogP contribution in [-0.2, 0) is 27.7 Å². The van der Waals surface area contributed by atoms with Gasteiger partial charge in [0.25, 0.3) is 17.1 Å². The Labute approximate surface area is 162 Å². The summed E-state index contributed by atoms with van der Waals surface area (Å²) in [5.74, 6) is -0.668. The van der Waals surface area contributed by atoms with Gasteiger partial charge in [-0.3, -0.25) is 28.3 Å². The van der Waals surface area contributed by atoms with Gasteiger partial charge in [-0.15, -0.1) is 10.2 Å². The Bertz CT molecular complexity index is 1370. The molecule has 3 heterocycles. The van der Waals surface area contributed by atoms with Gasteiger partial charge in [0.15, 0.2) is 11.2 Å². The highest BCUT2D eigenvalue weighted by Crippen LogP contribution is 2.24. The van der Waals surface area contributed by atoms with Gasteiger partial charge in [0.1, 0.15) is 0 Å². The van der Waals surface area contributed by atoms with Crippen molar-refractivity contribution in [2.75, 3.05) is 0 Å². The third kappa shape index (κ3) is 3.19. The summed E-state index contributed by atoms with van der Waals surface area (Å²) in [7, 11) is 3.98. The Balaban J connectivity index is 2.26. The van der Waals surface area contributed by atoms with Crippen molar-refractivity contribution in [3.63, 3.8) is 0 Å². The minimum Gasteiger partial charge on any atom is -0.493 e. The molecule has 3 aromatic heterocycles. The van der Waals surface area contributed by atoms with Crippen molar-refractivity contribution in [3.05, 3.63) is 41.7 Å². The van der Waals surface area contributed by atoms with Crippen LogP contribution in [0.4, 0.5) is 11.6 Å². The van der Waals surface area contributed by atoms with Crippen LogP contribution >= 0.6 is 0 Å². The zero-order chi connectivity index (χ0) is 21.5. The van der Waals surface area contributed by atoms with Gasteiger partial charge in [-0.1, -0.05) is 13.3 Å². The third-order valence-corrected chi connectivity index (χ3v) is 4.57. The molecule has 0 saturated carbocycles. The average Bonchev–Trinajstić information content (AvgIpc) is 3.06. The van der Waals surface area contributed by atoms with Crippen LogP contribution in [0.15, 0.2) is 29.4 Å². The topological polar surface area (TPSA) is 162 Å². The van der Waals surface area contributed by atoms with Crippen LogP contribution in [0.25, 0.3) is 11.2 Å². The second kappa shape index (κ2) is 7.33. The van der Waals surface area contributed by atoms with Gasteiger partial charge in [-0.25, -0.2) is 9.59 Å². The Morgan fingerprint density at radius 1 is 1.03 bits per heavy atom. The number of aryl methyl sites for hydroxylation is 2. The van der Waals surface area contributed by atoms with Crippen LogP contribution in [-0.4, -0.2) is 33.3 Å². The molecule has 3 rings (SSSR count). The van der Waals surface area contributed by atoms with Crippen molar-refractivity contribution in [2.45, 2.75) is 26.3 Å². The molecule has 3 aromatic rings. The number of nitrogens with zero attached hydrogens (tertiary/aromatic N) is 7. The van der Waals surface area contributed by atoms with Gasteiger partial charge in [-0.2, -0.15) is 4.98 Å². The standard InChI is InChI=1S/C16H20N8O5/c1-5-6-7-24-9-10(21(2)15(28)18-11(9)25)17-14(24)20-19-8-12(26)22(3)16(29)23(4)13(8)27/h26H,5-7H2,1-4H3,(H,18,25,28). The maximum absolute atomic E-state index is 12.3. The lowest BCUT2D eigenvalue weighted by molar-refractivity contribution is 0.413. The maximum Gasteiger partial charge on any atom is 0.333 e. The predicted octanol–water partition coefficient (Wildman–Crippen LogP) is -0.258. The number of hydrogen-bond donors (Lipinski definition) is 2. The summed E-state index contributed by atoms with van der Waals surface area (Å²) in [5, 5.41) is 17.8. The Kier molecular flexibility index (Phi) is 5.05. The second-order valence-corrected chi connectivity index (χ2v) is 6.49. The van der Waals surface area contributed by atoms with E-state index in [-0.39, 0.29) is 17.1 Å². The number of unbranched alkanes of at least 4 members (excludes halogenated alkanes) is 1. The quantitative estimate of drug-likeness (QED) is 0.557. The Morgan fingerprint density at radius 2 is 1.72 bits per heavy atom. The molecule has 0 aliphatic heterocycles. The second-order valence-electron chi connectivity index (χ2n) is 6.49. The van der Waals surface area contributed by atoms with E-state index in [1.54, 1.807) is 0 Å². The van der Waals surface area contributed by atoms with E-state index in [4.69, 9.17) is 0 Å². The number of H-pyrrole nitrogens is 1. The van der Waals surface area contributed by atoms with Crippen molar-refractivity contribution in [3.8, 4) is 5.88 Å². The molecule has 0 spiro atoms. The van der Waals surface area contributed by atoms with Gasteiger partial charge in [0, 0.05) is 27.7 Å². The highest BCUT2D eigenvalue weighted by atomic mass is 16.3. The predicted molar refractivity (Wildman–Crippen MR) is 103 cm³/mol. The normalized spacial score (nSPS) is 11.7. The number of nitrogens with one attached hydrogen (secondary N) is 1. The molecule has 154 valence electrons. The largest absolute Gasteiger partial charge is 0.493 e. The van der Waals surface area contributed by atoms with E-state index < -0.39 is 34.1 Å². The minimum absolute atomic E-state index is 0.0181. The van der Waals surface area contributed by atoms with Gasteiger partial charge < -0.3 is 9.67 Å². The van der Waals surface area contributed by atoms with E-state index in [9.17, 15) is 24.3 Å². The fraction of sp³-hybridized carbons (Fsp3) is 0.438. The molecule has 0 radical (unpaired) electrons. The number of aromatic hydroxyl groups is 1. The number of aromatic amines is 1. The Morgan fingerprint density at radius 3 is 2.38 bits per heavy atom. The molecule has 0 aliphatic carbocycles. The van der Waals surface area contributed by atoms with Crippen LogP contribution in [0, 0.1) is 0 Å². The number of aromatic nitrogens is 6. The summed E-state index contributed by atoms with van der Waals surface area (Å²) in [4.78, 5) is 54.7. The molecule has 2 N–H and O–H groups in total. The SMILES string of the molecule is CCCCn1c(N=Nc2c(O)n(C)c(=O)n(C)c2=O)nc2c1c(=O)[nH]c(=O)n2C. The van der Waals surface area contributed by atoms with Gasteiger partial charge in [0.05, 0.1) is 0 Å². The number of hydrogen-bond acceptors (Lipinski definition) is 8. The van der Waals surface area contributed by atoms with Gasteiger partial charge >= 0.3 is 11.4 Å². The van der Waals surface area contributed by atoms with E-state index in [0.29, 0.717) is 13.0 Å². The zero-order valence-electron chi connectivity index (χ0n) is 16.3. The number of fused-ring (bicyclic) bond motifs is 1. The lowest BCUT2D eigenvalue weighted by atomic mass is 10.3. The lowest BCUT2D eigenvalue weighted by Gasteiger charge is -2.06. The molecule has 0 unspecified atom stereocenters. The van der Waals surface area contributed by atoms with Crippen LogP contribution in [0.1, 0.15) is 19.8 Å². The molecule has 0 atom stereocenters. The molecule has 0 bridgehead atoms. The summed E-state index contributed by atoms with van der Waals surface area (Å²) in [6, 6.07) is 0. The monoisotopic (exact) mass is 404 g/mol. The molecule has 0 saturated heterocycles. The molecule has 0 amide bonds. The van der Waals surface area contributed by atoms with Crippen LogP contribution in [0.5, 0.6) is 5.88 Å². The van der Waals surface area contributed by atoms with E-state index in [2.05, 4.69) is 20.2 Å². The highest BCUT2D eigenvalue weighted by molar-refractivity contribution is 5.73. The highest BCUT2D eigenvalue weighted by Gasteiger charge is 2.18. The van der Waals surface area contributed by atoms with Gasteiger partial charge in [0.2, 0.25) is 11.6 Å². The summed E-state index contributed by atoms with van der Waals surface area (Å²) < 4.78 is 4.29. The van der Waals surface area contributed by atoms with Crippen molar-refractivity contribution < 1.29 is 5.11 Å². The first-order chi connectivity index (χ1) is 13.7. The first kappa shape index (κ1) is 20.0. The maximum atomic E-state index is 12.3. The van der Waals surface area contributed by atoms with E-state index in [1.165, 1.54) is 30.3 Å². The summed E-state index contributed by atoms with van der Waals surface area (Å²) in [5.41, 5.74) is -3.00. The number of rotatable bonds is 5. The molecule has 13 heteroatoms. The van der Waals surface area contributed by atoms with E-state index >= 15 is 0 Å². The molecule has 0 aromatic carbocycles. The smallest absolute Gasteiger partial charge is 0.333 e. The molecule has 0 aliphatic rings. The molecule has 29 heavy (non-hydrogen) atoms. The fourth-order valence-corrected chi connectivity index (χ4v) is 2.83. The summed E-state index contributed by atoms with van der Waals surface area (Å²) >= 11 is 0. The molecular formula is C16H20N8O5. The molecular weight excluding hydrogens is 384 g/mol. The van der Waals surface area contributed by atoms with Crippen LogP contribution in [0.3, 0.4) is 0 Å². The number of imidazole rings is 1. The summed E-state index contributed by atoms with van der Waals surface area (Å²) in [6.07, 6.45) is 1.52.